The summed E-state index contributed by atoms with van der Waals surface area (Å²) in [6.45, 7) is 2.46. The topological polar surface area (TPSA) is 180 Å². The second-order valence-electron chi connectivity index (χ2n) is 9.53. The predicted molar refractivity (Wildman–Crippen MR) is 145 cm³/mol. The number of hydrogen-bond donors (Lipinski definition) is 5. The van der Waals surface area contributed by atoms with Crippen LogP contribution in [-0.4, -0.2) is 55.9 Å². The Morgan fingerprint density at radius 1 is 1.13 bits per heavy atom. The van der Waals surface area contributed by atoms with Gasteiger partial charge in [-0.1, -0.05) is 36.4 Å². The molecule has 7 N–H and O–H groups in total. The van der Waals surface area contributed by atoms with E-state index in [4.69, 9.17) is 16.9 Å². The molecule has 4 rings (SSSR count). The summed E-state index contributed by atoms with van der Waals surface area (Å²) >= 11 is 0. The summed E-state index contributed by atoms with van der Waals surface area (Å²) in [4.78, 5) is 26.5. The van der Waals surface area contributed by atoms with Crippen LogP contribution in [-0.2, 0) is 14.8 Å². The molecule has 1 amide bonds. The van der Waals surface area contributed by atoms with Crippen LogP contribution in [0.3, 0.4) is 0 Å². The Bertz CT molecular complexity index is 1520. The summed E-state index contributed by atoms with van der Waals surface area (Å²) in [7, 11) is -4.03. The van der Waals surface area contributed by atoms with Gasteiger partial charge >= 0.3 is 5.97 Å². The van der Waals surface area contributed by atoms with Crippen LogP contribution in [0.4, 0.5) is 0 Å². The molecule has 1 unspecified atom stereocenters. The fourth-order valence-electron chi connectivity index (χ4n) is 5.23. The van der Waals surface area contributed by atoms with Gasteiger partial charge in [-0.2, -0.15) is 0 Å². The number of guanidine groups is 1. The number of sulfonamides is 1. The summed E-state index contributed by atoms with van der Waals surface area (Å²) in [5, 5.41) is 19.3. The van der Waals surface area contributed by atoms with Crippen molar-refractivity contribution < 1.29 is 23.1 Å². The molecular formula is C27H31N5O5S. The van der Waals surface area contributed by atoms with Crippen LogP contribution in [0.25, 0.3) is 10.8 Å². The summed E-state index contributed by atoms with van der Waals surface area (Å²) in [5.74, 6) is -3.39. The summed E-state index contributed by atoms with van der Waals surface area (Å²) in [6.07, 6.45) is 1.59. The zero-order chi connectivity index (χ0) is 27.6. The SMILES string of the molecule is Cc1c([C@@H]2CCCN(C(=N)N)C2)ccc(C(=O)O)c1C(CNS(=O)(=O)c1ccc2ccccc2c1)C(N)=O. The van der Waals surface area contributed by atoms with E-state index in [2.05, 4.69) is 4.72 Å². The molecule has 38 heavy (non-hydrogen) atoms. The van der Waals surface area contributed by atoms with Gasteiger partial charge in [-0.25, -0.2) is 17.9 Å². The molecule has 0 bridgehead atoms. The number of carbonyl (C=O) groups is 2. The number of nitrogens with two attached hydrogens (primary N) is 2. The number of carboxylic acid groups (broad SMARTS) is 1. The van der Waals surface area contributed by atoms with Crippen molar-refractivity contribution in [1.29, 1.82) is 5.41 Å². The fourth-order valence-corrected chi connectivity index (χ4v) is 6.31. The van der Waals surface area contributed by atoms with Crippen molar-refractivity contribution in [3.63, 3.8) is 0 Å². The number of fused-ring (bicyclic) bond motifs is 1. The Morgan fingerprint density at radius 3 is 2.50 bits per heavy atom. The highest BCUT2D eigenvalue weighted by atomic mass is 32.2. The third-order valence-corrected chi connectivity index (χ3v) is 8.61. The van der Waals surface area contributed by atoms with Crippen molar-refractivity contribution in [2.75, 3.05) is 19.6 Å². The summed E-state index contributed by atoms with van der Waals surface area (Å²) < 4.78 is 28.7. The molecule has 1 fully saturated rings. The molecule has 0 saturated carbocycles. The third-order valence-electron chi connectivity index (χ3n) is 7.19. The first kappa shape index (κ1) is 27.1. The molecule has 1 saturated heterocycles. The van der Waals surface area contributed by atoms with Gasteiger partial charge in [0, 0.05) is 25.6 Å². The van der Waals surface area contributed by atoms with Crippen LogP contribution < -0.4 is 16.2 Å². The number of hydrogen-bond acceptors (Lipinski definition) is 5. The largest absolute Gasteiger partial charge is 0.478 e. The zero-order valence-corrected chi connectivity index (χ0v) is 21.8. The number of likely N-dealkylation sites (tertiary alicyclic amines) is 1. The highest BCUT2D eigenvalue weighted by Gasteiger charge is 2.31. The van der Waals surface area contributed by atoms with Gasteiger partial charge in [-0.05, 0) is 65.4 Å². The maximum atomic E-state index is 13.1. The van der Waals surface area contributed by atoms with E-state index in [1.54, 1.807) is 36.1 Å². The number of nitrogens with one attached hydrogen (secondary N) is 2. The molecule has 1 aliphatic rings. The van der Waals surface area contributed by atoms with Gasteiger partial charge in [0.05, 0.1) is 16.4 Å². The van der Waals surface area contributed by atoms with Crippen LogP contribution in [0.2, 0.25) is 0 Å². The van der Waals surface area contributed by atoms with Gasteiger partial charge in [-0.3, -0.25) is 10.2 Å². The molecule has 0 aliphatic carbocycles. The highest BCUT2D eigenvalue weighted by Crippen LogP contribution is 2.35. The monoisotopic (exact) mass is 537 g/mol. The van der Waals surface area contributed by atoms with Crippen molar-refractivity contribution in [3.05, 3.63) is 76.9 Å². The number of carbonyl (C=O) groups excluding carboxylic acids is 1. The Balaban J connectivity index is 1.68. The molecule has 1 aliphatic heterocycles. The number of amides is 1. The van der Waals surface area contributed by atoms with Gasteiger partial charge < -0.3 is 21.5 Å². The van der Waals surface area contributed by atoms with Crippen molar-refractivity contribution in [3.8, 4) is 0 Å². The first-order valence-electron chi connectivity index (χ1n) is 12.2. The molecule has 0 aromatic heterocycles. The van der Waals surface area contributed by atoms with Crippen LogP contribution in [0.5, 0.6) is 0 Å². The van der Waals surface area contributed by atoms with Crippen LogP contribution in [0.1, 0.15) is 51.7 Å². The molecule has 10 nitrogen and oxygen atoms in total. The van der Waals surface area contributed by atoms with E-state index in [0.29, 0.717) is 18.7 Å². The van der Waals surface area contributed by atoms with Crippen molar-refractivity contribution in [2.45, 2.75) is 36.5 Å². The molecule has 200 valence electrons. The molecule has 11 heteroatoms. The lowest BCUT2D eigenvalue weighted by Gasteiger charge is -2.34. The Kier molecular flexibility index (Phi) is 7.70. The third kappa shape index (κ3) is 5.48. The first-order valence-corrected chi connectivity index (χ1v) is 13.7. The Hall–Kier alpha value is -3.96. The number of aromatic carboxylic acids is 1. The standard InChI is InChI=1S/C27H31N5O5S/c1-16-21(19-7-4-12-32(15-19)27(29)30)10-11-22(26(34)35)24(16)23(25(28)33)14-31-38(36,37)20-9-8-17-5-2-3-6-18(17)13-20/h2-3,5-6,8-11,13,19,23,31H,4,7,12,14-15H2,1H3,(H2,28,33)(H3,29,30)(H,34,35)/t19-,23?/m1/s1. The average molecular weight is 538 g/mol. The lowest BCUT2D eigenvalue weighted by atomic mass is 9.81. The zero-order valence-electron chi connectivity index (χ0n) is 21.0. The predicted octanol–water partition coefficient (Wildman–Crippen LogP) is 2.47. The van der Waals surface area contributed by atoms with E-state index < -0.39 is 34.4 Å². The minimum absolute atomic E-state index is 0.0230. The minimum Gasteiger partial charge on any atom is -0.478 e. The molecule has 3 aromatic carbocycles. The minimum atomic E-state index is -4.03. The number of rotatable bonds is 8. The second-order valence-corrected chi connectivity index (χ2v) is 11.3. The van der Waals surface area contributed by atoms with E-state index in [-0.39, 0.29) is 27.9 Å². The lowest BCUT2D eigenvalue weighted by molar-refractivity contribution is -0.119. The smallest absolute Gasteiger partial charge is 0.335 e. The number of benzene rings is 3. The Labute approximate surface area is 221 Å². The summed E-state index contributed by atoms with van der Waals surface area (Å²) in [5.41, 5.74) is 12.9. The maximum Gasteiger partial charge on any atom is 0.335 e. The first-order chi connectivity index (χ1) is 18.0. The fraction of sp³-hybridized carbons (Fsp3) is 0.296. The number of primary amides is 1. The van der Waals surface area contributed by atoms with Crippen molar-refractivity contribution in [2.24, 2.45) is 11.5 Å². The number of nitrogens with zero attached hydrogens (tertiary/aromatic N) is 1. The number of carboxylic acids is 1. The maximum absolute atomic E-state index is 13.1. The van der Waals surface area contributed by atoms with E-state index in [1.165, 1.54) is 18.2 Å². The normalized spacial score (nSPS) is 16.8. The van der Waals surface area contributed by atoms with Gasteiger partial charge in [0.2, 0.25) is 15.9 Å². The van der Waals surface area contributed by atoms with E-state index in [0.717, 1.165) is 29.2 Å². The quantitative estimate of drug-likeness (QED) is 0.216. The van der Waals surface area contributed by atoms with Gasteiger partial charge in [-0.15, -0.1) is 0 Å². The van der Waals surface area contributed by atoms with E-state index in [9.17, 15) is 23.1 Å². The van der Waals surface area contributed by atoms with E-state index >= 15 is 0 Å². The van der Waals surface area contributed by atoms with Gasteiger partial charge in [0.1, 0.15) is 0 Å². The lowest BCUT2D eigenvalue weighted by Crippen LogP contribution is -2.43. The molecule has 0 spiro atoms. The molecule has 0 radical (unpaired) electrons. The van der Waals surface area contributed by atoms with Crippen molar-refractivity contribution >= 4 is 38.6 Å². The van der Waals surface area contributed by atoms with Gasteiger partial charge in [0.25, 0.3) is 0 Å². The molecule has 3 aromatic rings. The van der Waals surface area contributed by atoms with Crippen molar-refractivity contribution in [1.82, 2.24) is 9.62 Å². The second kappa shape index (κ2) is 10.8. The van der Waals surface area contributed by atoms with Crippen LogP contribution in [0.15, 0.2) is 59.5 Å². The average Bonchev–Trinajstić information content (AvgIpc) is 2.88. The summed E-state index contributed by atoms with van der Waals surface area (Å²) in [6, 6.07) is 15.2. The van der Waals surface area contributed by atoms with E-state index in [1.807, 2.05) is 12.1 Å². The molecule has 2 atom stereocenters. The van der Waals surface area contributed by atoms with Gasteiger partial charge in [0.15, 0.2) is 5.96 Å². The Morgan fingerprint density at radius 2 is 1.84 bits per heavy atom. The highest BCUT2D eigenvalue weighted by molar-refractivity contribution is 7.89. The molecule has 1 heterocycles. The molecular weight excluding hydrogens is 506 g/mol. The van der Waals surface area contributed by atoms with Crippen LogP contribution in [0, 0.1) is 12.3 Å². The number of piperidine rings is 1. The van der Waals surface area contributed by atoms with Crippen LogP contribution >= 0.6 is 0 Å².